The van der Waals surface area contributed by atoms with E-state index in [0.29, 0.717) is 17.2 Å². The number of anilines is 1. The number of amides is 1. The lowest BCUT2D eigenvalue weighted by atomic mass is 10.2. The molecule has 2 N–H and O–H groups in total. The van der Waals surface area contributed by atoms with Gasteiger partial charge in [-0.2, -0.15) is 5.10 Å². The molecule has 0 heterocycles. The van der Waals surface area contributed by atoms with Crippen molar-refractivity contribution in [3.63, 3.8) is 0 Å². The van der Waals surface area contributed by atoms with E-state index < -0.39 is 15.9 Å². The summed E-state index contributed by atoms with van der Waals surface area (Å²) in [7, 11) is -0.778. The molecule has 8 nitrogen and oxygen atoms in total. The Balaban J connectivity index is 1.64. The second-order valence-corrected chi connectivity index (χ2v) is 8.36. The second kappa shape index (κ2) is 11.0. The molecule has 1 amide bonds. The van der Waals surface area contributed by atoms with E-state index in [9.17, 15) is 13.2 Å². The summed E-state index contributed by atoms with van der Waals surface area (Å²) >= 11 is 0. The average Bonchev–Trinajstić information content (AvgIpc) is 2.84. The fourth-order valence-corrected chi connectivity index (χ4v) is 3.94. The zero-order valence-electron chi connectivity index (χ0n) is 18.1. The van der Waals surface area contributed by atoms with Crippen LogP contribution in [0.15, 0.2) is 88.9 Å². The predicted molar refractivity (Wildman–Crippen MR) is 128 cm³/mol. The number of methoxy groups -OCH3 is 2. The van der Waals surface area contributed by atoms with E-state index in [-0.39, 0.29) is 10.5 Å². The molecule has 0 spiro atoms. The highest BCUT2D eigenvalue weighted by Gasteiger charge is 2.16. The van der Waals surface area contributed by atoms with Gasteiger partial charge in [0.1, 0.15) is 11.5 Å². The van der Waals surface area contributed by atoms with Crippen LogP contribution in [0.4, 0.5) is 5.69 Å². The van der Waals surface area contributed by atoms with E-state index in [2.05, 4.69) is 15.2 Å². The second-order valence-electron chi connectivity index (χ2n) is 6.68. The van der Waals surface area contributed by atoms with Crippen LogP contribution in [0.3, 0.4) is 0 Å². The van der Waals surface area contributed by atoms with Crippen LogP contribution in [0.25, 0.3) is 6.08 Å². The lowest BCUT2D eigenvalue weighted by Crippen LogP contribution is -2.19. The van der Waals surface area contributed by atoms with E-state index in [4.69, 9.17) is 9.47 Å². The van der Waals surface area contributed by atoms with Gasteiger partial charge in [-0.05, 0) is 60.7 Å². The monoisotopic (exact) mass is 465 g/mol. The predicted octanol–water partition coefficient (Wildman–Crippen LogP) is 3.93. The van der Waals surface area contributed by atoms with Gasteiger partial charge in [0.05, 0.1) is 19.1 Å². The molecule has 0 aliphatic rings. The lowest BCUT2D eigenvalue weighted by molar-refractivity contribution is 0.0955. The van der Waals surface area contributed by atoms with Crippen LogP contribution in [-0.2, 0) is 10.0 Å². The molecule has 0 saturated carbocycles. The van der Waals surface area contributed by atoms with Gasteiger partial charge in [-0.15, -0.1) is 0 Å². The quantitative estimate of drug-likeness (QED) is 0.368. The first-order valence-electron chi connectivity index (χ1n) is 9.83. The molecular weight excluding hydrogens is 442 g/mol. The van der Waals surface area contributed by atoms with E-state index in [1.165, 1.54) is 37.6 Å². The van der Waals surface area contributed by atoms with E-state index >= 15 is 0 Å². The number of nitrogens with one attached hydrogen (secondary N) is 2. The topological polar surface area (TPSA) is 106 Å². The van der Waals surface area contributed by atoms with Gasteiger partial charge in [0.15, 0.2) is 0 Å². The molecular formula is C24H23N3O5S. The minimum atomic E-state index is -3.89. The van der Waals surface area contributed by atoms with Crippen LogP contribution in [-0.4, -0.2) is 34.8 Å². The number of hydrazone groups is 1. The van der Waals surface area contributed by atoms with Gasteiger partial charge >= 0.3 is 0 Å². The Morgan fingerprint density at radius 3 is 2.42 bits per heavy atom. The molecule has 3 rings (SSSR count). The molecule has 0 fully saturated rings. The third-order valence-electron chi connectivity index (χ3n) is 4.49. The van der Waals surface area contributed by atoms with Gasteiger partial charge in [0, 0.05) is 23.0 Å². The number of carbonyl (C=O) groups excluding carboxylic acids is 1. The maximum absolute atomic E-state index is 12.7. The fourth-order valence-electron chi connectivity index (χ4n) is 2.83. The average molecular weight is 466 g/mol. The van der Waals surface area contributed by atoms with Crippen LogP contribution >= 0.6 is 0 Å². The molecule has 0 saturated heterocycles. The van der Waals surface area contributed by atoms with Gasteiger partial charge in [-0.1, -0.05) is 24.3 Å². The van der Waals surface area contributed by atoms with Crippen LogP contribution in [0, 0.1) is 0 Å². The first kappa shape index (κ1) is 23.6. The SMILES string of the molecule is COc1ccc(NS(=O)(=O)c2cccc(C(=O)N/N=C/C=C/c3ccccc3OC)c2)cc1. The fraction of sp³-hybridized carbons (Fsp3) is 0.0833. The molecule has 0 radical (unpaired) electrons. The van der Waals surface area contributed by atoms with Crippen LogP contribution in [0.2, 0.25) is 0 Å². The van der Waals surface area contributed by atoms with Crippen LogP contribution < -0.4 is 19.6 Å². The van der Waals surface area contributed by atoms with Gasteiger partial charge in [-0.3, -0.25) is 9.52 Å². The molecule has 0 aliphatic heterocycles. The molecule has 33 heavy (non-hydrogen) atoms. The highest BCUT2D eigenvalue weighted by atomic mass is 32.2. The zero-order chi connectivity index (χ0) is 23.7. The van der Waals surface area contributed by atoms with Gasteiger partial charge < -0.3 is 9.47 Å². The number of para-hydroxylation sites is 1. The van der Waals surface area contributed by atoms with Gasteiger partial charge in [0.25, 0.3) is 15.9 Å². The Bertz CT molecular complexity index is 1270. The summed E-state index contributed by atoms with van der Waals surface area (Å²) in [4.78, 5) is 12.3. The molecule has 0 unspecified atom stereocenters. The van der Waals surface area contributed by atoms with E-state index in [1.807, 2.05) is 24.3 Å². The third-order valence-corrected chi connectivity index (χ3v) is 5.87. The molecule has 3 aromatic carbocycles. The number of hydrogen-bond donors (Lipinski definition) is 2. The van der Waals surface area contributed by atoms with Crippen LogP contribution in [0.5, 0.6) is 11.5 Å². The smallest absolute Gasteiger partial charge is 0.271 e. The van der Waals surface area contributed by atoms with Crippen molar-refractivity contribution in [3.05, 3.63) is 90.0 Å². The lowest BCUT2D eigenvalue weighted by Gasteiger charge is -2.09. The molecule has 170 valence electrons. The number of ether oxygens (including phenoxy) is 2. The largest absolute Gasteiger partial charge is 0.497 e. The summed E-state index contributed by atoms with van der Waals surface area (Å²) in [6.07, 6.45) is 4.85. The standard InChI is InChI=1S/C24H23N3O5S/c1-31-21-14-12-20(13-15-21)27-33(29,30)22-10-5-8-19(17-22)24(28)26-25-16-6-9-18-7-3-4-11-23(18)32-2/h3-17,27H,1-2H3,(H,26,28)/b9-6+,25-16+. The first-order chi connectivity index (χ1) is 15.9. The number of carbonyl (C=O) groups is 1. The van der Waals surface area contributed by atoms with Crippen molar-refractivity contribution < 1.29 is 22.7 Å². The number of nitrogens with zero attached hydrogens (tertiary/aromatic N) is 1. The molecule has 9 heteroatoms. The number of rotatable bonds is 9. The van der Waals surface area contributed by atoms with Gasteiger partial charge in [0.2, 0.25) is 0 Å². The normalized spacial score (nSPS) is 11.5. The molecule has 3 aromatic rings. The van der Waals surface area contributed by atoms with Crippen molar-refractivity contribution in [3.8, 4) is 11.5 Å². The maximum atomic E-state index is 12.7. The van der Waals surface area contributed by atoms with Gasteiger partial charge in [-0.25, -0.2) is 13.8 Å². The zero-order valence-corrected chi connectivity index (χ0v) is 18.9. The van der Waals surface area contributed by atoms with Crippen molar-refractivity contribution in [2.45, 2.75) is 4.90 Å². The number of allylic oxidation sites excluding steroid dienone is 1. The van der Waals surface area contributed by atoms with Crippen LogP contribution in [0.1, 0.15) is 15.9 Å². The van der Waals surface area contributed by atoms with Crippen molar-refractivity contribution in [2.75, 3.05) is 18.9 Å². The first-order valence-corrected chi connectivity index (χ1v) is 11.3. The third kappa shape index (κ3) is 6.44. The summed E-state index contributed by atoms with van der Waals surface area (Å²) in [5, 5.41) is 3.87. The highest BCUT2D eigenvalue weighted by Crippen LogP contribution is 2.20. The Morgan fingerprint density at radius 2 is 1.70 bits per heavy atom. The number of sulfonamides is 1. The van der Waals surface area contributed by atoms with E-state index in [0.717, 1.165) is 5.56 Å². The van der Waals surface area contributed by atoms with Crippen molar-refractivity contribution in [1.82, 2.24) is 5.43 Å². The maximum Gasteiger partial charge on any atom is 0.271 e. The van der Waals surface area contributed by atoms with Crippen molar-refractivity contribution >= 4 is 33.9 Å². The molecule has 0 aliphatic carbocycles. The number of hydrogen-bond acceptors (Lipinski definition) is 6. The molecule has 0 aromatic heterocycles. The summed E-state index contributed by atoms with van der Waals surface area (Å²) in [5.41, 5.74) is 3.76. The summed E-state index contributed by atoms with van der Waals surface area (Å²) in [5.74, 6) is 0.779. The van der Waals surface area contributed by atoms with Crippen molar-refractivity contribution in [1.29, 1.82) is 0 Å². The highest BCUT2D eigenvalue weighted by molar-refractivity contribution is 7.92. The minimum absolute atomic E-state index is 0.0500. The van der Waals surface area contributed by atoms with E-state index in [1.54, 1.807) is 43.5 Å². The minimum Gasteiger partial charge on any atom is -0.497 e. The Morgan fingerprint density at radius 1 is 0.939 bits per heavy atom. The van der Waals surface area contributed by atoms with Crippen molar-refractivity contribution in [2.24, 2.45) is 5.10 Å². The molecule has 0 atom stereocenters. The Hall–Kier alpha value is -4.11. The molecule has 0 bridgehead atoms. The Kier molecular flexibility index (Phi) is 7.82. The summed E-state index contributed by atoms with van der Waals surface area (Å²) < 4.78 is 38.2. The summed E-state index contributed by atoms with van der Waals surface area (Å²) in [6, 6.07) is 19.6. The number of benzene rings is 3. The summed E-state index contributed by atoms with van der Waals surface area (Å²) in [6.45, 7) is 0. The Labute approximate surface area is 192 Å².